The van der Waals surface area contributed by atoms with Crippen molar-refractivity contribution in [3.63, 3.8) is 0 Å². The van der Waals surface area contributed by atoms with Crippen molar-refractivity contribution in [2.75, 3.05) is 6.61 Å². The Kier molecular flexibility index (Phi) is 7.16. The van der Waals surface area contributed by atoms with Crippen LogP contribution in [0.15, 0.2) is 60.2 Å². The standard InChI is InChI=1S/C20H24N2O/c1-2-3-4-10-15-23-22(17-21)20-14-9-8-13-19(20)16-18-11-6-5-7-12-18/h5-9,11-14,16,20H,2-4,10,15H2,1H3. The topological polar surface area (TPSA) is 36.3 Å². The summed E-state index contributed by atoms with van der Waals surface area (Å²) in [6.07, 6.45) is 16.8. The van der Waals surface area contributed by atoms with E-state index in [1.54, 1.807) is 0 Å². The molecule has 0 saturated carbocycles. The van der Waals surface area contributed by atoms with Gasteiger partial charge in [-0.05, 0) is 23.6 Å². The van der Waals surface area contributed by atoms with Gasteiger partial charge in [-0.3, -0.25) is 4.84 Å². The average molecular weight is 308 g/mol. The van der Waals surface area contributed by atoms with Gasteiger partial charge in [-0.1, -0.05) is 80.8 Å². The van der Waals surface area contributed by atoms with Crippen LogP contribution in [0.4, 0.5) is 0 Å². The molecule has 1 atom stereocenters. The van der Waals surface area contributed by atoms with E-state index in [-0.39, 0.29) is 6.04 Å². The van der Waals surface area contributed by atoms with Gasteiger partial charge in [0.2, 0.25) is 6.19 Å². The number of nitriles is 1. The van der Waals surface area contributed by atoms with E-state index >= 15 is 0 Å². The van der Waals surface area contributed by atoms with Crippen molar-refractivity contribution in [1.82, 2.24) is 5.06 Å². The summed E-state index contributed by atoms with van der Waals surface area (Å²) in [5.41, 5.74) is 2.17. The van der Waals surface area contributed by atoms with E-state index in [1.165, 1.54) is 17.9 Å². The fraction of sp³-hybridized carbons (Fsp3) is 0.350. The lowest BCUT2D eigenvalue weighted by molar-refractivity contribution is -0.123. The second-order valence-corrected chi connectivity index (χ2v) is 5.56. The first-order chi connectivity index (χ1) is 11.3. The van der Waals surface area contributed by atoms with Gasteiger partial charge < -0.3 is 0 Å². The molecule has 0 aromatic heterocycles. The number of nitrogens with zero attached hydrogens (tertiary/aromatic N) is 2. The van der Waals surface area contributed by atoms with Gasteiger partial charge in [0.05, 0.1) is 6.61 Å². The maximum Gasteiger partial charge on any atom is 0.206 e. The Morgan fingerprint density at radius 3 is 2.74 bits per heavy atom. The van der Waals surface area contributed by atoms with E-state index in [4.69, 9.17) is 4.84 Å². The monoisotopic (exact) mass is 308 g/mol. The molecule has 1 unspecified atom stereocenters. The molecular formula is C20H24N2O. The van der Waals surface area contributed by atoms with Crippen LogP contribution < -0.4 is 0 Å². The Morgan fingerprint density at radius 2 is 2.00 bits per heavy atom. The van der Waals surface area contributed by atoms with Gasteiger partial charge in [0.1, 0.15) is 6.04 Å². The summed E-state index contributed by atoms with van der Waals surface area (Å²) in [6, 6.07) is 9.96. The minimum Gasteiger partial charge on any atom is -0.263 e. The van der Waals surface area contributed by atoms with Gasteiger partial charge in [-0.25, -0.2) is 0 Å². The zero-order valence-corrected chi connectivity index (χ0v) is 13.7. The summed E-state index contributed by atoms with van der Waals surface area (Å²) in [5, 5.41) is 10.8. The molecule has 0 spiro atoms. The summed E-state index contributed by atoms with van der Waals surface area (Å²) < 4.78 is 0. The summed E-state index contributed by atoms with van der Waals surface area (Å²) >= 11 is 0. The highest BCUT2D eigenvalue weighted by molar-refractivity contribution is 5.59. The first-order valence-electron chi connectivity index (χ1n) is 8.28. The molecule has 0 amide bonds. The predicted molar refractivity (Wildman–Crippen MR) is 94.0 cm³/mol. The molecule has 1 aliphatic rings. The van der Waals surface area contributed by atoms with Gasteiger partial charge >= 0.3 is 0 Å². The van der Waals surface area contributed by atoms with Crippen molar-refractivity contribution in [2.45, 2.75) is 38.6 Å². The molecule has 1 aromatic carbocycles. The largest absolute Gasteiger partial charge is 0.263 e. The highest BCUT2D eigenvalue weighted by atomic mass is 16.7. The quantitative estimate of drug-likeness (QED) is 0.298. The molecule has 120 valence electrons. The van der Waals surface area contributed by atoms with Crippen molar-refractivity contribution in [3.05, 3.63) is 65.8 Å². The number of benzene rings is 1. The Bertz CT molecular complexity index is 596. The Morgan fingerprint density at radius 1 is 1.17 bits per heavy atom. The third-order valence-electron chi connectivity index (χ3n) is 3.75. The number of allylic oxidation sites excluding steroid dienone is 2. The smallest absolute Gasteiger partial charge is 0.206 e. The fourth-order valence-corrected chi connectivity index (χ4v) is 2.50. The second-order valence-electron chi connectivity index (χ2n) is 5.56. The van der Waals surface area contributed by atoms with Crippen molar-refractivity contribution in [3.8, 4) is 6.19 Å². The molecule has 1 aromatic rings. The maximum absolute atomic E-state index is 9.43. The minimum atomic E-state index is -0.170. The first kappa shape index (κ1) is 17.1. The molecule has 0 aliphatic heterocycles. The van der Waals surface area contributed by atoms with Gasteiger partial charge in [-0.2, -0.15) is 10.3 Å². The number of hydroxylamine groups is 2. The molecule has 0 N–H and O–H groups in total. The molecule has 3 heteroatoms. The van der Waals surface area contributed by atoms with Crippen LogP contribution in [-0.4, -0.2) is 17.7 Å². The first-order valence-corrected chi connectivity index (χ1v) is 8.28. The van der Waals surface area contributed by atoms with Crippen LogP contribution in [-0.2, 0) is 4.84 Å². The summed E-state index contributed by atoms with van der Waals surface area (Å²) in [6.45, 7) is 2.77. The number of unbranched alkanes of at least 4 members (excludes halogenated alkanes) is 3. The van der Waals surface area contributed by atoms with Crippen LogP contribution in [0.2, 0.25) is 0 Å². The summed E-state index contributed by atoms with van der Waals surface area (Å²) in [5.74, 6) is 0. The normalized spacial score (nSPS) is 18.1. The lowest BCUT2D eigenvalue weighted by Crippen LogP contribution is -2.32. The zero-order chi connectivity index (χ0) is 16.3. The fourth-order valence-electron chi connectivity index (χ4n) is 2.50. The molecule has 0 heterocycles. The second kappa shape index (κ2) is 9.66. The molecule has 0 saturated heterocycles. The predicted octanol–water partition coefficient (Wildman–Crippen LogP) is 4.86. The van der Waals surface area contributed by atoms with Crippen LogP contribution in [0, 0.1) is 11.5 Å². The van der Waals surface area contributed by atoms with E-state index in [9.17, 15) is 5.26 Å². The summed E-state index contributed by atoms with van der Waals surface area (Å²) in [4.78, 5) is 5.69. The van der Waals surface area contributed by atoms with E-state index < -0.39 is 0 Å². The van der Waals surface area contributed by atoms with Crippen molar-refractivity contribution < 1.29 is 4.84 Å². The lowest BCUT2D eigenvalue weighted by Gasteiger charge is -2.26. The maximum atomic E-state index is 9.43. The van der Waals surface area contributed by atoms with E-state index in [0.29, 0.717) is 6.61 Å². The van der Waals surface area contributed by atoms with Gasteiger partial charge in [0.15, 0.2) is 0 Å². The highest BCUT2D eigenvalue weighted by Gasteiger charge is 2.20. The van der Waals surface area contributed by atoms with Crippen LogP contribution in [0.3, 0.4) is 0 Å². The van der Waals surface area contributed by atoms with Gasteiger partial charge in [0.25, 0.3) is 0 Å². The summed E-state index contributed by atoms with van der Waals surface area (Å²) in [7, 11) is 0. The average Bonchev–Trinajstić information content (AvgIpc) is 2.60. The van der Waals surface area contributed by atoms with Crippen LogP contribution in [0.5, 0.6) is 0 Å². The van der Waals surface area contributed by atoms with Crippen LogP contribution >= 0.6 is 0 Å². The molecule has 23 heavy (non-hydrogen) atoms. The van der Waals surface area contributed by atoms with E-state index in [1.807, 2.05) is 42.5 Å². The molecule has 0 bridgehead atoms. The van der Waals surface area contributed by atoms with Crippen molar-refractivity contribution in [1.29, 1.82) is 5.26 Å². The molecular weight excluding hydrogens is 284 g/mol. The Labute approximate surface area is 139 Å². The van der Waals surface area contributed by atoms with Crippen LogP contribution in [0.1, 0.15) is 38.2 Å². The molecule has 0 fully saturated rings. The highest BCUT2D eigenvalue weighted by Crippen LogP contribution is 2.21. The number of hydrogen-bond acceptors (Lipinski definition) is 3. The van der Waals surface area contributed by atoms with Crippen LogP contribution in [0.25, 0.3) is 6.08 Å². The molecule has 3 nitrogen and oxygen atoms in total. The third-order valence-corrected chi connectivity index (χ3v) is 3.75. The van der Waals surface area contributed by atoms with E-state index in [2.05, 4.69) is 31.3 Å². The van der Waals surface area contributed by atoms with Crippen molar-refractivity contribution in [2.24, 2.45) is 0 Å². The SMILES string of the molecule is CCCCCCON(C#N)C1C=CC=CC1=Cc1ccccc1. The number of hydrogen-bond donors (Lipinski definition) is 0. The van der Waals surface area contributed by atoms with Crippen molar-refractivity contribution >= 4 is 6.08 Å². The van der Waals surface area contributed by atoms with E-state index in [0.717, 1.165) is 24.0 Å². The Hall–Kier alpha value is -2.31. The zero-order valence-electron chi connectivity index (χ0n) is 13.7. The third kappa shape index (κ3) is 5.43. The lowest BCUT2D eigenvalue weighted by atomic mass is 9.99. The van der Waals surface area contributed by atoms with Gasteiger partial charge in [0, 0.05) is 0 Å². The molecule has 2 rings (SSSR count). The minimum absolute atomic E-state index is 0.170. The molecule has 0 radical (unpaired) electrons. The number of rotatable bonds is 8. The Balaban J connectivity index is 2.02. The molecule has 1 aliphatic carbocycles. The van der Waals surface area contributed by atoms with Gasteiger partial charge in [-0.15, -0.1) is 0 Å².